The summed E-state index contributed by atoms with van der Waals surface area (Å²) in [6, 6.07) is 3.15. The van der Waals surface area contributed by atoms with Crippen LogP contribution in [0.25, 0.3) is 0 Å². The van der Waals surface area contributed by atoms with E-state index < -0.39 is 0 Å². The van der Waals surface area contributed by atoms with Crippen LogP contribution in [0.15, 0.2) is 27.2 Å². The van der Waals surface area contributed by atoms with Gasteiger partial charge in [-0.05, 0) is 39.7 Å². The van der Waals surface area contributed by atoms with Crippen LogP contribution in [0.2, 0.25) is 5.22 Å². The molecule has 1 atom stereocenters. The van der Waals surface area contributed by atoms with Gasteiger partial charge >= 0.3 is 0 Å². The van der Waals surface area contributed by atoms with E-state index in [2.05, 4.69) is 26.5 Å². The van der Waals surface area contributed by atoms with Gasteiger partial charge in [-0.2, -0.15) is 5.10 Å². The SMILES string of the molecule is Cn1ncc(Br)c1C(NN)c1ccc(Cl)o1. The fourth-order valence-corrected chi connectivity index (χ4v) is 2.25. The van der Waals surface area contributed by atoms with Gasteiger partial charge in [0.15, 0.2) is 5.22 Å². The first-order valence-electron chi connectivity index (χ1n) is 4.52. The molecule has 0 aliphatic carbocycles. The van der Waals surface area contributed by atoms with Crippen molar-refractivity contribution in [3.8, 4) is 0 Å². The molecule has 2 rings (SSSR count). The second kappa shape index (κ2) is 4.58. The van der Waals surface area contributed by atoms with Crippen LogP contribution in [-0.2, 0) is 7.05 Å². The molecule has 0 spiro atoms. The van der Waals surface area contributed by atoms with Crippen LogP contribution in [0.3, 0.4) is 0 Å². The molecule has 0 saturated carbocycles. The Bertz CT molecular complexity index is 476. The Morgan fingerprint density at radius 1 is 1.62 bits per heavy atom. The van der Waals surface area contributed by atoms with E-state index >= 15 is 0 Å². The van der Waals surface area contributed by atoms with E-state index in [1.54, 1.807) is 23.0 Å². The third-order valence-corrected chi connectivity index (χ3v) is 3.07. The Balaban J connectivity index is 2.44. The third-order valence-electron chi connectivity index (χ3n) is 2.26. The standard InChI is InChI=1S/C9H10BrClN4O/c1-15-9(5(10)4-13-15)8(14-12)6-2-3-7(11)16-6/h2-4,8,14H,12H2,1H3. The molecular weight excluding hydrogens is 295 g/mol. The summed E-state index contributed by atoms with van der Waals surface area (Å²) < 4.78 is 7.90. The van der Waals surface area contributed by atoms with Crippen LogP contribution in [0.5, 0.6) is 0 Å². The van der Waals surface area contributed by atoms with Gasteiger partial charge in [-0.3, -0.25) is 10.5 Å². The molecule has 0 bridgehead atoms. The van der Waals surface area contributed by atoms with Gasteiger partial charge in [-0.15, -0.1) is 0 Å². The number of rotatable bonds is 3. The first-order valence-corrected chi connectivity index (χ1v) is 5.69. The zero-order chi connectivity index (χ0) is 11.7. The molecule has 0 fully saturated rings. The van der Waals surface area contributed by atoms with Gasteiger partial charge in [-0.1, -0.05) is 0 Å². The van der Waals surface area contributed by atoms with Crippen molar-refractivity contribution in [2.45, 2.75) is 6.04 Å². The lowest BCUT2D eigenvalue weighted by atomic mass is 10.1. The van der Waals surface area contributed by atoms with Crippen molar-refractivity contribution in [2.75, 3.05) is 0 Å². The minimum absolute atomic E-state index is 0.297. The van der Waals surface area contributed by atoms with E-state index in [1.807, 2.05) is 7.05 Å². The quantitative estimate of drug-likeness (QED) is 0.672. The summed E-state index contributed by atoms with van der Waals surface area (Å²) in [7, 11) is 1.83. The van der Waals surface area contributed by atoms with Crippen LogP contribution in [0, 0.1) is 0 Å². The lowest BCUT2D eigenvalue weighted by molar-refractivity contribution is 0.438. The normalized spacial score (nSPS) is 13.0. The summed E-state index contributed by atoms with van der Waals surface area (Å²) in [5.74, 6) is 6.16. The van der Waals surface area contributed by atoms with Gasteiger partial charge in [-0.25, -0.2) is 5.43 Å². The largest absolute Gasteiger partial charge is 0.448 e. The maximum atomic E-state index is 5.73. The van der Waals surface area contributed by atoms with Crippen LogP contribution in [0.1, 0.15) is 17.5 Å². The van der Waals surface area contributed by atoms with Crippen molar-refractivity contribution < 1.29 is 4.42 Å². The summed E-state index contributed by atoms with van der Waals surface area (Å²) in [5, 5.41) is 4.44. The Morgan fingerprint density at radius 2 is 2.38 bits per heavy atom. The molecule has 86 valence electrons. The number of furan rings is 1. The monoisotopic (exact) mass is 304 g/mol. The van der Waals surface area contributed by atoms with Crippen LogP contribution in [0.4, 0.5) is 0 Å². The van der Waals surface area contributed by atoms with E-state index in [9.17, 15) is 0 Å². The summed E-state index contributed by atoms with van der Waals surface area (Å²) in [6.07, 6.45) is 1.70. The molecule has 2 aromatic heterocycles. The minimum atomic E-state index is -0.297. The van der Waals surface area contributed by atoms with E-state index in [-0.39, 0.29) is 6.04 Å². The number of halogens is 2. The molecule has 0 aliphatic heterocycles. The fraction of sp³-hybridized carbons (Fsp3) is 0.222. The molecule has 5 nitrogen and oxygen atoms in total. The number of nitrogens with one attached hydrogen (secondary N) is 1. The second-order valence-corrected chi connectivity index (χ2v) is 4.47. The van der Waals surface area contributed by atoms with E-state index in [0.29, 0.717) is 11.0 Å². The van der Waals surface area contributed by atoms with Crippen LogP contribution < -0.4 is 11.3 Å². The Morgan fingerprint density at radius 3 is 2.81 bits per heavy atom. The number of hydrogen-bond donors (Lipinski definition) is 2. The molecule has 16 heavy (non-hydrogen) atoms. The third kappa shape index (κ3) is 2.01. The number of nitrogens with two attached hydrogens (primary N) is 1. The molecule has 0 aliphatic rings. The topological polar surface area (TPSA) is 69.0 Å². The summed E-state index contributed by atoms with van der Waals surface area (Å²) in [5.41, 5.74) is 3.54. The molecular formula is C9H10BrClN4O. The summed E-state index contributed by atoms with van der Waals surface area (Å²) in [6.45, 7) is 0. The summed E-state index contributed by atoms with van der Waals surface area (Å²) >= 11 is 9.14. The van der Waals surface area contributed by atoms with Gasteiger partial charge in [0, 0.05) is 7.05 Å². The first-order chi connectivity index (χ1) is 7.63. The van der Waals surface area contributed by atoms with Crippen molar-refractivity contribution in [3.05, 3.63) is 39.5 Å². The van der Waals surface area contributed by atoms with Crippen molar-refractivity contribution >= 4 is 27.5 Å². The minimum Gasteiger partial charge on any atom is -0.448 e. The van der Waals surface area contributed by atoms with Gasteiger partial charge in [0.05, 0.1) is 16.4 Å². The molecule has 1 unspecified atom stereocenters. The number of hydrogen-bond acceptors (Lipinski definition) is 4. The second-order valence-electron chi connectivity index (χ2n) is 3.24. The van der Waals surface area contributed by atoms with Gasteiger partial charge in [0.1, 0.15) is 11.8 Å². The first kappa shape index (κ1) is 11.7. The predicted molar refractivity (Wildman–Crippen MR) is 63.8 cm³/mol. The van der Waals surface area contributed by atoms with E-state index in [0.717, 1.165) is 10.2 Å². The molecule has 2 aromatic rings. The summed E-state index contributed by atoms with van der Waals surface area (Å²) in [4.78, 5) is 0. The van der Waals surface area contributed by atoms with Crippen molar-refractivity contribution in [2.24, 2.45) is 12.9 Å². The zero-order valence-electron chi connectivity index (χ0n) is 8.45. The Hall–Kier alpha value is -0.820. The Labute approximate surface area is 106 Å². The fourth-order valence-electron chi connectivity index (χ4n) is 1.52. The average Bonchev–Trinajstić information content (AvgIpc) is 2.80. The molecule has 3 N–H and O–H groups in total. The highest BCUT2D eigenvalue weighted by Crippen LogP contribution is 2.29. The maximum absolute atomic E-state index is 5.73. The lowest BCUT2D eigenvalue weighted by Gasteiger charge is -2.14. The van der Waals surface area contributed by atoms with E-state index in [4.69, 9.17) is 21.9 Å². The molecule has 2 heterocycles. The number of aromatic nitrogens is 2. The van der Waals surface area contributed by atoms with Crippen LogP contribution >= 0.6 is 27.5 Å². The molecule has 0 aromatic carbocycles. The molecule has 7 heteroatoms. The van der Waals surface area contributed by atoms with Crippen molar-refractivity contribution in [1.29, 1.82) is 0 Å². The Kier molecular flexibility index (Phi) is 3.34. The predicted octanol–water partition coefficient (Wildman–Crippen LogP) is 1.98. The highest BCUT2D eigenvalue weighted by atomic mass is 79.9. The maximum Gasteiger partial charge on any atom is 0.193 e. The van der Waals surface area contributed by atoms with Gasteiger partial charge in [0.25, 0.3) is 0 Å². The molecule has 0 amide bonds. The van der Waals surface area contributed by atoms with Crippen molar-refractivity contribution in [3.63, 3.8) is 0 Å². The smallest absolute Gasteiger partial charge is 0.193 e. The number of nitrogens with zero attached hydrogens (tertiary/aromatic N) is 2. The molecule has 0 radical (unpaired) electrons. The average molecular weight is 306 g/mol. The number of aryl methyl sites for hydroxylation is 1. The van der Waals surface area contributed by atoms with E-state index in [1.165, 1.54) is 0 Å². The van der Waals surface area contributed by atoms with Gasteiger partial charge in [0.2, 0.25) is 0 Å². The lowest BCUT2D eigenvalue weighted by Crippen LogP contribution is -2.30. The number of hydrazine groups is 1. The highest BCUT2D eigenvalue weighted by Gasteiger charge is 2.22. The highest BCUT2D eigenvalue weighted by molar-refractivity contribution is 9.10. The van der Waals surface area contributed by atoms with Crippen LogP contribution in [-0.4, -0.2) is 9.78 Å². The van der Waals surface area contributed by atoms with Gasteiger partial charge < -0.3 is 4.42 Å². The molecule has 0 saturated heterocycles. The zero-order valence-corrected chi connectivity index (χ0v) is 10.8. The van der Waals surface area contributed by atoms with Crippen molar-refractivity contribution in [1.82, 2.24) is 15.2 Å².